The van der Waals surface area contributed by atoms with E-state index in [1.807, 2.05) is 10.6 Å². The fourth-order valence-corrected chi connectivity index (χ4v) is 3.24. The van der Waals surface area contributed by atoms with E-state index in [2.05, 4.69) is 24.1 Å². The maximum absolute atomic E-state index is 11.2. The second kappa shape index (κ2) is 6.43. The fourth-order valence-electron chi connectivity index (χ4n) is 3.24. The van der Waals surface area contributed by atoms with Gasteiger partial charge in [0.1, 0.15) is 5.75 Å². The summed E-state index contributed by atoms with van der Waals surface area (Å²) in [5, 5.41) is 23.3. The van der Waals surface area contributed by atoms with E-state index in [1.54, 1.807) is 12.3 Å². The first-order valence-corrected chi connectivity index (χ1v) is 7.96. The highest BCUT2D eigenvalue weighted by Gasteiger charge is 2.20. The molecule has 0 aliphatic carbocycles. The van der Waals surface area contributed by atoms with Gasteiger partial charge < -0.3 is 20.1 Å². The molecule has 0 bridgehead atoms. The SMILES string of the molecule is CC(C)Cn1c2cncc(O)c2c2c(NC=O)c(CC(=O)O)ccc21. The number of hydrogen-bond acceptors (Lipinski definition) is 4. The number of anilines is 1. The van der Waals surface area contributed by atoms with Crippen molar-refractivity contribution in [3.8, 4) is 5.75 Å². The van der Waals surface area contributed by atoms with Crippen molar-refractivity contribution in [2.45, 2.75) is 26.8 Å². The minimum absolute atomic E-state index is 0.00794. The van der Waals surface area contributed by atoms with Crippen LogP contribution in [-0.4, -0.2) is 32.1 Å². The lowest BCUT2D eigenvalue weighted by atomic mass is 10.0. The van der Waals surface area contributed by atoms with Gasteiger partial charge in [-0.1, -0.05) is 19.9 Å². The molecule has 7 heteroatoms. The number of aromatic hydroxyl groups is 1. The number of rotatable bonds is 6. The second-order valence-corrected chi connectivity index (χ2v) is 6.38. The van der Waals surface area contributed by atoms with Crippen molar-refractivity contribution in [3.05, 3.63) is 30.1 Å². The number of pyridine rings is 1. The van der Waals surface area contributed by atoms with Crippen LogP contribution in [0.5, 0.6) is 5.75 Å². The van der Waals surface area contributed by atoms with Gasteiger partial charge in [0.25, 0.3) is 0 Å². The molecule has 25 heavy (non-hydrogen) atoms. The zero-order chi connectivity index (χ0) is 18.1. The summed E-state index contributed by atoms with van der Waals surface area (Å²) in [6, 6.07) is 3.52. The van der Waals surface area contributed by atoms with E-state index >= 15 is 0 Å². The van der Waals surface area contributed by atoms with Crippen molar-refractivity contribution >= 4 is 39.9 Å². The summed E-state index contributed by atoms with van der Waals surface area (Å²) in [5.41, 5.74) is 2.44. The molecule has 0 radical (unpaired) electrons. The van der Waals surface area contributed by atoms with Gasteiger partial charge in [0, 0.05) is 11.9 Å². The summed E-state index contributed by atoms with van der Waals surface area (Å²) in [7, 11) is 0. The Kier molecular flexibility index (Phi) is 4.31. The van der Waals surface area contributed by atoms with Crippen LogP contribution in [0.3, 0.4) is 0 Å². The van der Waals surface area contributed by atoms with Crippen molar-refractivity contribution in [2.24, 2.45) is 5.92 Å². The Balaban J connectivity index is 2.45. The first kappa shape index (κ1) is 16.8. The molecule has 3 rings (SSSR count). The van der Waals surface area contributed by atoms with Crippen LogP contribution in [0.25, 0.3) is 21.8 Å². The number of fused-ring (bicyclic) bond motifs is 3. The van der Waals surface area contributed by atoms with Gasteiger partial charge in [0.05, 0.1) is 40.9 Å². The number of carbonyl (C=O) groups is 2. The van der Waals surface area contributed by atoms with Crippen molar-refractivity contribution in [3.63, 3.8) is 0 Å². The number of nitrogens with one attached hydrogen (secondary N) is 1. The van der Waals surface area contributed by atoms with E-state index in [-0.39, 0.29) is 12.2 Å². The number of benzene rings is 1. The Morgan fingerprint density at radius 3 is 2.68 bits per heavy atom. The molecule has 0 unspecified atom stereocenters. The minimum Gasteiger partial charge on any atom is -0.506 e. The Morgan fingerprint density at radius 2 is 2.04 bits per heavy atom. The summed E-state index contributed by atoms with van der Waals surface area (Å²) in [6.45, 7) is 4.86. The van der Waals surface area contributed by atoms with Crippen LogP contribution in [0.4, 0.5) is 5.69 Å². The highest BCUT2D eigenvalue weighted by Crippen LogP contribution is 2.40. The van der Waals surface area contributed by atoms with Crippen molar-refractivity contribution < 1.29 is 19.8 Å². The molecule has 3 aromatic rings. The number of amides is 1. The monoisotopic (exact) mass is 341 g/mol. The van der Waals surface area contributed by atoms with Gasteiger partial charge in [-0.15, -0.1) is 0 Å². The third-order valence-electron chi connectivity index (χ3n) is 4.10. The van der Waals surface area contributed by atoms with E-state index in [9.17, 15) is 14.7 Å². The van der Waals surface area contributed by atoms with E-state index in [0.717, 1.165) is 11.0 Å². The van der Waals surface area contributed by atoms with Crippen LogP contribution in [0.1, 0.15) is 19.4 Å². The molecule has 0 aliphatic heterocycles. The number of aliphatic carboxylic acids is 1. The number of nitrogens with zero attached hydrogens (tertiary/aromatic N) is 2. The molecule has 1 aromatic carbocycles. The molecule has 130 valence electrons. The molecular formula is C18H19N3O4. The predicted octanol–water partition coefficient (Wildman–Crippen LogP) is 2.75. The summed E-state index contributed by atoms with van der Waals surface area (Å²) in [4.78, 5) is 26.4. The summed E-state index contributed by atoms with van der Waals surface area (Å²) >= 11 is 0. The van der Waals surface area contributed by atoms with Gasteiger partial charge in [-0.2, -0.15) is 0 Å². The zero-order valence-electron chi connectivity index (χ0n) is 14.0. The van der Waals surface area contributed by atoms with E-state index in [0.29, 0.717) is 40.9 Å². The van der Waals surface area contributed by atoms with E-state index < -0.39 is 5.97 Å². The Bertz CT molecular complexity index is 976. The quantitative estimate of drug-likeness (QED) is 0.598. The van der Waals surface area contributed by atoms with Crippen molar-refractivity contribution in [2.75, 3.05) is 5.32 Å². The van der Waals surface area contributed by atoms with Gasteiger partial charge in [-0.25, -0.2) is 0 Å². The van der Waals surface area contributed by atoms with Crippen LogP contribution in [0, 0.1) is 5.92 Å². The highest BCUT2D eigenvalue weighted by atomic mass is 16.4. The molecule has 0 fully saturated rings. The standard InChI is InChI=1S/C18H19N3O4/c1-10(2)8-21-12-4-3-11(5-15(24)25)18(20-9-22)17(12)16-13(21)6-19-7-14(16)23/h3-4,6-7,9-10,23H,5,8H2,1-2H3,(H,20,22)(H,24,25). The average molecular weight is 341 g/mol. The van der Waals surface area contributed by atoms with Crippen LogP contribution in [0.15, 0.2) is 24.5 Å². The van der Waals surface area contributed by atoms with Crippen molar-refractivity contribution in [1.29, 1.82) is 0 Å². The molecule has 2 heterocycles. The summed E-state index contributed by atoms with van der Waals surface area (Å²) in [6.07, 6.45) is 3.30. The molecule has 2 aromatic heterocycles. The average Bonchev–Trinajstić information content (AvgIpc) is 2.84. The summed E-state index contributed by atoms with van der Waals surface area (Å²) < 4.78 is 2.03. The number of hydrogen-bond donors (Lipinski definition) is 3. The lowest BCUT2D eigenvalue weighted by Gasteiger charge is -2.12. The highest BCUT2D eigenvalue weighted by molar-refractivity contribution is 6.18. The lowest BCUT2D eigenvalue weighted by Crippen LogP contribution is -2.07. The van der Waals surface area contributed by atoms with Crippen LogP contribution in [0.2, 0.25) is 0 Å². The molecule has 3 N–H and O–H groups in total. The summed E-state index contributed by atoms with van der Waals surface area (Å²) in [5.74, 6) is -0.654. The van der Waals surface area contributed by atoms with E-state index in [4.69, 9.17) is 5.11 Å². The largest absolute Gasteiger partial charge is 0.506 e. The molecule has 0 aliphatic rings. The molecule has 0 saturated carbocycles. The van der Waals surface area contributed by atoms with E-state index in [1.165, 1.54) is 6.20 Å². The van der Waals surface area contributed by atoms with Crippen molar-refractivity contribution in [1.82, 2.24) is 9.55 Å². The van der Waals surface area contributed by atoms with Gasteiger partial charge >= 0.3 is 5.97 Å². The molecule has 0 saturated heterocycles. The predicted molar refractivity (Wildman–Crippen MR) is 94.8 cm³/mol. The number of carboxylic acids is 1. The van der Waals surface area contributed by atoms with Gasteiger partial charge in [0.15, 0.2) is 0 Å². The van der Waals surface area contributed by atoms with Gasteiger partial charge in [0.2, 0.25) is 6.41 Å². The second-order valence-electron chi connectivity index (χ2n) is 6.38. The Hall–Kier alpha value is -3.09. The van der Waals surface area contributed by atoms with Gasteiger partial charge in [-0.3, -0.25) is 14.6 Å². The Morgan fingerprint density at radius 1 is 1.28 bits per heavy atom. The topological polar surface area (TPSA) is 104 Å². The first-order valence-electron chi connectivity index (χ1n) is 7.96. The third kappa shape index (κ3) is 2.88. The molecular weight excluding hydrogens is 322 g/mol. The molecule has 0 spiro atoms. The lowest BCUT2D eigenvalue weighted by molar-refractivity contribution is -0.136. The van der Waals surface area contributed by atoms with Crippen LogP contribution in [-0.2, 0) is 22.6 Å². The van der Waals surface area contributed by atoms with Crippen LogP contribution >= 0.6 is 0 Å². The smallest absolute Gasteiger partial charge is 0.307 e. The minimum atomic E-state index is -0.995. The van der Waals surface area contributed by atoms with Gasteiger partial charge in [-0.05, 0) is 17.5 Å². The normalized spacial score (nSPS) is 11.3. The van der Waals surface area contributed by atoms with Crippen LogP contribution < -0.4 is 5.32 Å². The molecule has 1 amide bonds. The Labute approximate surface area is 143 Å². The maximum Gasteiger partial charge on any atom is 0.307 e. The number of carbonyl (C=O) groups excluding carboxylic acids is 1. The molecule has 7 nitrogen and oxygen atoms in total. The fraction of sp³-hybridized carbons (Fsp3) is 0.278. The first-order chi connectivity index (χ1) is 11.9. The number of carboxylic acid groups (broad SMARTS) is 1. The molecule has 0 atom stereocenters. The third-order valence-corrected chi connectivity index (χ3v) is 4.10. The zero-order valence-corrected chi connectivity index (χ0v) is 14.0. The maximum atomic E-state index is 11.2. The number of aromatic nitrogens is 2.